The maximum absolute atomic E-state index is 13.2. The summed E-state index contributed by atoms with van der Waals surface area (Å²) >= 11 is 5.58. The number of benzene rings is 1. The van der Waals surface area contributed by atoms with Crippen LogP contribution in [0.5, 0.6) is 0 Å². The quantitative estimate of drug-likeness (QED) is 0.723. The maximum atomic E-state index is 13.2. The summed E-state index contributed by atoms with van der Waals surface area (Å²) in [6, 6.07) is 4.52. The molecule has 1 aromatic rings. The van der Waals surface area contributed by atoms with Crippen LogP contribution in [0.25, 0.3) is 0 Å². The van der Waals surface area contributed by atoms with Crippen molar-refractivity contribution in [3.63, 3.8) is 0 Å². The summed E-state index contributed by atoms with van der Waals surface area (Å²) in [4.78, 5) is 0. The monoisotopic (exact) mass is 232 g/mol. The van der Waals surface area contributed by atoms with E-state index in [1.807, 2.05) is 13.8 Å². The fraction of sp³-hybridized carbons (Fsp3) is 0.455. The van der Waals surface area contributed by atoms with Crippen molar-refractivity contribution in [3.05, 3.63) is 34.6 Å². The highest BCUT2D eigenvalue weighted by molar-refractivity contribution is 6.30. The third-order valence-corrected chi connectivity index (χ3v) is 2.16. The molecule has 1 rings (SSSR count). The molecule has 0 heterocycles. The molecule has 0 amide bonds. The van der Waals surface area contributed by atoms with E-state index < -0.39 is 12.1 Å². The Hall–Kier alpha value is -0.640. The highest BCUT2D eigenvalue weighted by atomic mass is 35.5. The minimum Gasteiger partial charge on any atom is -0.349 e. The number of ether oxygens (including phenoxy) is 2. The standard InChI is InChI=1S/C11H14ClFO2/c1-3-14-11(15-4-2)8-5-6-9(12)10(13)7-8/h5-7,11H,3-4H2,1-2H3. The van der Waals surface area contributed by atoms with Crippen LogP contribution in [-0.4, -0.2) is 13.2 Å². The van der Waals surface area contributed by atoms with Crippen molar-refractivity contribution >= 4 is 11.6 Å². The van der Waals surface area contributed by atoms with Gasteiger partial charge in [0.1, 0.15) is 5.82 Å². The molecular formula is C11H14ClFO2. The Morgan fingerprint density at radius 3 is 2.33 bits per heavy atom. The SMILES string of the molecule is CCOC(OCC)c1ccc(Cl)c(F)c1. The van der Waals surface area contributed by atoms with Crippen molar-refractivity contribution in [1.29, 1.82) is 0 Å². The largest absolute Gasteiger partial charge is 0.349 e. The summed E-state index contributed by atoms with van der Waals surface area (Å²) in [7, 11) is 0. The van der Waals surface area contributed by atoms with Gasteiger partial charge >= 0.3 is 0 Å². The molecule has 0 aliphatic rings. The molecule has 0 aliphatic carbocycles. The predicted molar refractivity (Wildman–Crippen MR) is 57.4 cm³/mol. The lowest BCUT2D eigenvalue weighted by Crippen LogP contribution is -2.09. The van der Waals surface area contributed by atoms with E-state index in [9.17, 15) is 4.39 Å². The van der Waals surface area contributed by atoms with E-state index in [-0.39, 0.29) is 5.02 Å². The fourth-order valence-electron chi connectivity index (χ4n) is 1.20. The number of hydrogen-bond acceptors (Lipinski definition) is 2. The summed E-state index contributed by atoms with van der Waals surface area (Å²) in [6.45, 7) is 4.74. The number of hydrogen-bond donors (Lipinski definition) is 0. The summed E-state index contributed by atoms with van der Waals surface area (Å²) in [6.07, 6.45) is -0.522. The van der Waals surface area contributed by atoms with Gasteiger partial charge in [0.2, 0.25) is 0 Å². The average Bonchev–Trinajstić information content (AvgIpc) is 2.22. The summed E-state index contributed by atoms with van der Waals surface area (Å²) in [5.41, 5.74) is 0.639. The first-order valence-electron chi connectivity index (χ1n) is 4.87. The molecule has 2 nitrogen and oxygen atoms in total. The van der Waals surface area contributed by atoms with Gasteiger partial charge in [0.15, 0.2) is 6.29 Å². The first kappa shape index (κ1) is 12.4. The predicted octanol–water partition coefficient (Wildman–Crippen LogP) is 3.55. The molecule has 15 heavy (non-hydrogen) atoms. The zero-order valence-corrected chi connectivity index (χ0v) is 9.55. The van der Waals surface area contributed by atoms with Crippen molar-refractivity contribution in [2.45, 2.75) is 20.1 Å². The Bertz CT molecular complexity index is 311. The van der Waals surface area contributed by atoms with Crippen LogP contribution in [0.1, 0.15) is 25.7 Å². The van der Waals surface area contributed by atoms with Crippen LogP contribution in [0, 0.1) is 5.82 Å². The van der Waals surface area contributed by atoms with E-state index in [1.54, 1.807) is 6.07 Å². The number of rotatable bonds is 5. The third-order valence-electron chi connectivity index (χ3n) is 1.85. The lowest BCUT2D eigenvalue weighted by atomic mass is 10.2. The van der Waals surface area contributed by atoms with Crippen LogP contribution in [0.2, 0.25) is 5.02 Å². The molecule has 0 aliphatic heterocycles. The van der Waals surface area contributed by atoms with Crippen molar-refractivity contribution in [3.8, 4) is 0 Å². The van der Waals surface area contributed by atoms with E-state index >= 15 is 0 Å². The second-order valence-electron chi connectivity index (χ2n) is 2.92. The molecule has 1 aromatic carbocycles. The molecule has 4 heteroatoms. The lowest BCUT2D eigenvalue weighted by molar-refractivity contribution is -0.140. The van der Waals surface area contributed by atoms with Crippen molar-refractivity contribution < 1.29 is 13.9 Å². The minimum atomic E-state index is -0.522. The molecule has 0 atom stereocenters. The molecule has 0 N–H and O–H groups in total. The topological polar surface area (TPSA) is 18.5 Å². The summed E-state index contributed by atoms with van der Waals surface area (Å²) in [5.74, 6) is -0.460. The third kappa shape index (κ3) is 3.45. The average molecular weight is 233 g/mol. The highest BCUT2D eigenvalue weighted by Crippen LogP contribution is 2.23. The van der Waals surface area contributed by atoms with Gasteiger partial charge in [-0.15, -0.1) is 0 Å². The van der Waals surface area contributed by atoms with E-state index in [2.05, 4.69) is 0 Å². The van der Waals surface area contributed by atoms with E-state index in [0.29, 0.717) is 18.8 Å². The molecule has 0 saturated heterocycles. The van der Waals surface area contributed by atoms with Crippen LogP contribution < -0.4 is 0 Å². The summed E-state index contributed by atoms with van der Waals surface area (Å²) < 4.78 is 23.8. The smallest absolute Gasteiger partial charge is 0.183 e. The van der Waals surface area contributed by atoms with Crippen molar-refractivity contribution in [2.75, 3.05) is 13.2 Å². The van der Waals surface area contributed by atoms with E-state index in [1.165, 1.54) is 12.1 Å². The van der Waals surface area contributed by atoms with Gasteiger partial charge in [-0.3, -0.25) is 0 Å². The maximum Gasteiger partial charge on any atom is 0.183 e. The van der Waals surface area contributed by atoms with Crippen LogP contribution in [0.3, 0.4) is 0 Å². The van der Waals surface area contributed by atoms with Crippen molar-refractivity contribution in [1.82, 2.24) is 0 Å². The second kappa shape index (κ2) is 6.05. The zero-order valence-electron chi connectivity index (χ0n) is 8.80. The molecule has 0 spiro atoms. The highest BCUT2D eigenvalue weighted by Gasteiger charge is 2.12. The minimum absolute atomic E-state index is 0.102. The molecule has 84 valence electrons. The van der Waals surface area contributed by atoms with E-state index in [4.69, 9.17) is 21.1 Å². The summed E-state index contributed by atoms with van der Waals surface area (Å²) in [5, 5.41) is 0.102. The lowest BCUT2D eigenvalue weighted by Gasteiger charge is -2.17. The van der Waals surface area contributed by atoms with Crippen LogP contribution in [0.4, 0.5) is 4.39 Å². The molecular weight excluding hydrogens is 219 g/mol. The van der Waals surface area contributed by atoms with Crippen LogP contribution in [-0.2, 0) is 9.47 Å². The first-order valence-corrected chi connectivity index (χ1v) is 5.25. The van der Waals surface area contributed by atoms with Gasteiger partial charge in [-0.25, -0.2) is 4.39 Å². The van der Waals surface area contributed by atoms with Crippen LogP contribution >= 0.6 is 11.6 Å². The van der Waals surface area contributed by atoms with Gasteiger partial charge in [0.05, 0.1) is 5.02 Å². The second-order valence-corrected chi connectivity index (χ2v) is 3.32. The van der Waals surface area contributed by atoms with Crippen LogP contribution in [0.15, 0.2) is 18.2 Å². The van der Waals surface area contributed by atoms with Gasteiger partial charge in [-0.05, 0) is 26.0 Å². The number of halogens is 2. The van der Waals surface area contributed by atoms with Crippen molar-refractivity contribution in [2.24, 2.45) is 0 Å². The van der Waals surface area contributed by atoms with E-state index in [0.717, 1.165) is 0 Å². The Labute approximate surface area is 94.0 Å². The molecule has 0 aromatic heterocycles. The Kier molecular flexibility index (Phi) is 5.02. The normalized spacial score (nSPS) is 11.0. The molecule has 0 saturated carbocycles. The molecule has 0 unspecified atom stereocenters. The Balaban J connectivity index is 2.85. The zero-order chi connectivity index (χ0) is 11.3. The molecule has 0 fully saturated rings. The van der Waals surface area contributed by atoms with Gasteiger partial charge in [0, 0.05) is 18.8 Å². The van der Waals surface area contributed by atoms with Gasteiger partial charge in [0.25, 0.3) is 0 Å². The molecule has 0 radical (unpaired) electrons. The Morgan fingerprint density at radius 1 is 1.27 bits per heavy atom. The Morgan fingerprint density at radius 2 is 1.87 bits per heavy atom. The fourth-order valence-corrected chi connectivity index (χ4v) is 1.32. The van der Waals surface area contributed by atoms with Gasteiger partial charge in [-0.2, -0.15) is 0 Å². The molecule has 0 bridgehead atoms. The first-order chi connectivity index (χ1) is 7.19. The van der Waals surface area contributed by atoms with Gasteiger partial charge in [-0.1, -0.05) is 17.7 Å². The van der Waals surface area contributed by atoms with Gasteiger partial charge < -0.3 is 9.47 Å².